The molecule has 1 saturated carbocycles. The van der Waals surface area contributed by atoms with Crippen LogP contribution in [-0.4, -0.2) is 56.5 Å². The Bertz CT molecular complexity index is 1020. The summed E-state index contributed by atoms with van der Waals surface area (Å²) in [6.07, 6.45) is 11.0. The number of aryl methyl sites for hydroxylation is 1. The van der Waals surface area contributed by atoms with Crippen LogP contribution in [0.5, 0.6) is 0 Å². The minimum Gasteiger partial charge on any atom is -0.348 e. The predicted molar refractivity (Wildman–Crippen MR) is 117 cm³/mol. The van der Waals surface area contributed by atoms with E-state index in [2.05, 4.69) is 25.5 Å². The van der Waals surface area contributed by atoms with Crippen LogP contribution in [0.1, 0.15) is 49.0 Å². The Morgan fingerprint density at radius 3 is 2.70 bits per heavy atom. The fourth-order valence-electron chi connectivity index (χ4n) is 5.01. The molecule has 1 aliphatic heterocycles. The summed E-state index contributed by atoms with van der Waals surface area (Å²) in [5.41, 5.74) is 3.42. The zero-order chi connectivity index (χ0) is 20.5. The van der Waals surface area contributed by atoms with E-state index in [4.69, 9.17) is 0 Å². The van der Waals surface area contributed by atoms with Crippen LogP contribution >= 0.6 is 0 Å². The van der Waals surface area contributed by atoms with Gasteiger partial charge in [-0.2, -0.15) is 10.2 Å². The van der Waals surface area contributed by atoms with E-state index in [0.29, 0.717) is 5.69 Å². The lowest BCUT2D eigenvalue weighted by molar-refractivity contribution is 0.0914. The van der Waals surface area contributed by atoms with E-state index in [1.165, 1.54) is 45.3 Å². The number of aromatic nitrogens is 4. The number of fused-ring (bicyclic) bond motifs is 1. The molecule has 1 amide bonds. The van der Waals surface area contributed by atoms with Crippen molar-refractivity contribution >= 4 is 16.8 Å². The maximum atomic E-state index is 13.0. The van der Waals surface area contributed by atoms with E-state index in [1.54, 1.807) is 4.68 Å². The van der Waals surface area contributed by atoms with Gasteiger partial charge in [-0.3, -0.25) is 14.6 Å². The Labute approximate surface area is 176 Å². The highest BCUT2D eigenvalue weighted by Gasteiger charge is 2.26. The summed E-state index contributed by atoms with van der Waals surface area (Å²) in [6, 6.07) is 6.28. The normalized spacial score (nSPS) is 22.6. The number of aromatic amines is 1. The van der Waals surface area contributed by atoms with Gasteiger partial charge in [-0.15, -0.1) is 0 Å². The van der Waals surface area contributed by atoms with Crippen molar-refractivity contribution in [1.29, 1.82) is 0 Å². The molecule has 3 aromatic rings. The topological polar surface area (TPSA) is 78.8 Å². The second-order valence-corrected chi connectivity index (χ2v) is 8.93. The SMILES string of the molecule is Cn1cc(-c2ccc3[nH]nc(C(=O)N[C@H]4CC[C@H](CN5CCCC5)CC4)c3c2)cn1. The van der Waals surface area contributed by atoms with E-state index in [9.17, 15) is 4.79 Å². The van der Waals surface area contributed by atoms with Crippen LogP contribution in [0.4, 0.5) is 0 Å². The molecule has 7 heteroatoms. The number of H-pyrrole nitrogens is 1. The first-order valence-corrected chi connectivity index (χ1v) is 11.2. The van der Waals surface area contributed by atoms with Gasteiger partial charge in [0, 0.05) is 36.8 Å². The van der Waals surface area contributed by atoms with Crippen molar-refractivity contribution in [3.63, 3.8) is 0 Å². The molecule has 0 atom stereocenters. The van der Waals surface area contributed by atoms with Crippen LogP contribution in [0.25, 0.3) is 22.0 Å². The molecule has 0 bridgehead atoms. The first-order chi connectivity index (χ1) is 14.7. The number of likely N-dealkylation sites (tertiary alicyclic amines) is 1. The van der Waals surface area contributed by atoms with Gasteiger partial charge in [0.25, 0.3) is 5.91 Å². The second kappa shape index (κ2) is 8.22. The number of hydrogen-bond donors (Lipinski definition) is 2. The minimum atomic E-state index is -0.0763. The van der Waals surface area contributed by atoms with Crippen LogP contribution in [0.3, 0.4) is 0 Å². The van der Waals surface area contributed by atoms with Gasteiger partial charge in [0.1, 0.15) is 0 Å². The summed E-state index contributed by atoms with van der Waals surface area (Å²) < 4.78 is 1.78. The zero-order valence-electron chi connectivity index (χ0n) is 17.6. The monoisotopic (exact) mass is 406 g/mol. The van der Waals surface area contributed by atoms with Crippen LogP contribution < -0.4 is 5.32 Å². The lowest BCUT2D eigenvalue weighted by Gasteiger charge is -2.31. The molecule has 3 heterocycles. The molecule has 1 aliphatic carbocycles. The summed E-state index contributed by atoms with van der Waals surface area (Å²) in [5.74, 6) is 0.706. The molecule has 0 radical (unpaired) electrons. The van der Waals surface area contributed by atoms with Crippen LogP contribution in [0.15, 0.2) is 30.6 Å². The summed E-state index contributed by atoms with van der Waals surface area (Å²) in [7, 11) is 1.90. The lowest BCUT2D eigenvalue weighted by Crippen LogP contribution is -2.39. The molecule has 1 aromatic carbocycles. The quantitative estimate of drug-likeness (QED) is 0.681. The Balaban J connectivity index is 1.24. The van der Waals surface area contributed by atoms with Crippen LogP contribution in [-0.2, 0) is 7.05 Å². The smallest absolute Gasteiger partial charge is 0.272 e. The third-order valence-corrected chi connectivity index (χ3v) is 6.71. The Kier molecular flexibility index (Phi) is 5.29. The fraction of sp³-hybridized carbons (Fsp3) is 0.522. The molecule has 5 rings (SSSR count). The Hall–Kier alpha value is -2.67. The van der Waals surface area contributed by atoms with Gasteiger partial charge in [0.05, 0.1) is 11.7 Å². The van der Waals surface area contributed by atoms with Crippen molar-refractivity contribution in [3.8, 4) is 11.1 Å². The molecule has 0 spiro atoms. The summed E-state index contributed by atoms with van der Waals surface area (Å²) in [4.78, 5) is 15.6. The van der Waals surface area contributed by atoms with E-state index < -0.39 is 0 Å². The van der Waals surface area contributed by atoms with Gasteiger partial charge in [-0.05, 0) is 75.2 Å². The highest BCUT2D eigenvalue weighted by atomic mass is 16.2. The van der Waals surface area contributed by atoms with E-state index >= 15 is 0 Å². The third-order valence-electron chi connectivity index (χ3n) is 6.71. The second-order valence-electron chi connectivity index (χ2n) is 8.93. The maximum Gasteiger partial charge on any atom is 0.272 e. The van der Waals surface area contributed by atoms with Gasteiger partial charge in [-0.1, -0.05) is 6.07 Å². The third kappa shape index (κ3) is 3.99. The highest BCUT2D eigenvalue weighted by molar-refractivity contribution is 6.05. The number of rotatable bonds is 5. The van der Waals surface area contributed by atoms with Gasteiger partial charge in [-0.25, -0.2) is 0 Å². The molecule has 2 N–H and O–H groups in total. The van der Waals surface area contributed by atoms with Crippen molar-refractivity contribution < 1.29 is 4.79 Å². The van der Waals surface area contributed by atoms with Crippen LogP contribution in [0.2, 0.25) is 0 Å². The summed E-state index contributed by atoms with van der Waals surface area (Å²) in [6.45, 7) is 3.77. The highest BCUT2D eigenvalue weighted by Crippen LogP contribution is 2.28. The lowest BCUT2D eigenvalue weighted by atomic mass is 9.85. The van der Waals surface area contributed by atoms with Crippen molar-refractivity contribution in [1.82, 2.24) is 30.2 Å². The standard InChI is InChI=1S/C23H30N6O/c1-28-15-18(13-24-28)17-6-9-21-20(12-17)22(27-26-21)23(30)25-19-7-4-16(5-8-19)14-29-10-2-3-11-29/h6,9,12-13,15-16,19H,2-5,7-8,10-11,14H2,1H3,(H,25,30)(H,26,27)/t16-,19-. The first kappa shape index (κ1) is 19.3. The predicted octanol–water partition coefficient (Wildman–Crippen LogP) is 3.35. The summed E-state index contributed by atoms with van der Waals surface area (Å²) >= 11 is 0. The van der Waals surface area contributed by atoms with Crippen molar-refractivity contribution in [2.24, 2.45) is 13.0 Å². The molecule has 158 valence electrons. The number of carbonyl (C=O) groups excluding carboxylic acids is 1. The van der Waals surface area contributed by atoms with Crippen LogP contribution in [0, 0.1) is 5.92 Å². The number of benzene rings is 1. The molecule has 1 saturated heterocycles. The van der Waals surface area contributed by atoms with E-state index in [-0.39, 0.29) is 11.9 Å². The molecular weight excluding hydrogens is 376 g/mol. The van der Waals surface area contributed by atoms with Crippen molar-refractivity contribution in [2.45, 2.75) is 44.6 Å². The number of carbonyl (C=O) groups is 1. The Morgan fingerprint density at radius 2 is 1.97 bits per heavy atom. The van der Waals surface area contributed by atoms with Crippen molar-refractivity contribution in [2.75, 3.05) is 19.6 Å². The zero-order valence-corrected chi connectivity index (χ0v) is 17.6. The molecular formula is C23H30N6O. The molecule has 7 nitrogen and oxygen atoms in total. The first-order valence-electron chi connectivity index (χ1n) is 11.2. The fourth-order valence-corrected chi connectivity index (χ4v) is 5.01. The molecule has 2 aromatic heterocycles. The molecule has 0 unspecified atom stereocenters. The number of nitrogens with zero attached hydrogens (tertiary/aromatic N) is 4. The molecule has 2 aliphatic rings. The van der Waals surface area contributed by atoms with Gasteiger partial charge in [0.2, 0.25) is 0 Å². The minimum absolute atomic E-state index is 0.0763. The summed E-state index contributed by atoms with van der Waals surface area (Å²) in [5, 5.41) is 15.7. The van der Waals surface area contributed by atoms with Crippen molar-refractivity contribution in [3.05, 3.63) is 36.3 Å². The average Bonchev–Trinajstić information content (AvgIpc) is 3.50. The molecule has 30 heavy (non-hydrogen) atoms. The average molecular weight is 407 g/mol. The van der Waals surface area contributed by atoms with Gasteiger partial charge in [0.15, 0.2) is 5.69 Å². The van der Waals surface area contributed by atoms with E-state index in [1.807, 2.05) is 37.6 Å². The molecule has 2 fully saturated rings. The van der Waals surface area contributed by atoms with Gasteiger partial charge < -0.3 is 10.2 Å². The van der Waals surface area contributed by atoms with E-state index in [0.717, 1.165) is 40.8 Å². The maximum absolute atomic E-state index is 13.0. The number of amides is 1. The van der Waals surface area contributed by atoms with Gasteiger partial charge >= 0.3 is 0 Å². The Morgan fingerprint density at radius 1 is 1.17 bits per heavy atom. The number of nitrogens with one attached hydrogen (secondary N) is 2. The number of hydrogen-bond acceptors (Lipinski definition) is 4. The largest absolute Gasteiger partial charge is 0.348 e.